The van der Waals surface area contributed by atoms with Crippen LogP contribution in [0, 0.1) is 12.3 Å². The van der Waals surface area contributed by atoms with Crippen molar-refractivity contribution < 1.29 is 19.1 Å². The molecular weight excluding hydrogens is 513 g/mol. The first-order chi connectivity index (χ1) is 17.9. The molecule has 0 aliphatic rings. The molecule has 7 nitrogen and oxygen atoms in total. The Hall–Kier alpha value is -3.99. The number of halogens is 2. The third-order valence-electron chi connectivity index (χ3n) is 5.09. The molecule has 9 heteroatoms. The second kappa shape index (κ2) is 13.9. The van der Waals surface area contributed by atoms with Crippen LogP contribution in [0.3, 0.4) is 0 Å². The van der Waals surface area contributed by atoms with Crippen LogP contribution < -0.4 is 20.2 Å². The normalized spacial score (nSPS) is 12.3. The van der Waals surface area contributed by atoms with Crippen molar-refractivity contribution in [3.05, 3.63) is 94.0 Å². The number of carbonyl (C=O) groups is 2. The molecule has 0 aliphatic carbocycles. The molecule has 0 radical (unpaired) electrons. The summed E-state index contributed by atoms with van der Waals surface area (Å²) in [5.74, 6) is 2.22. The minimum Gasteiger partial charge on any atom is -0.480 e. The van der Waals surface area contributed by atoms with Crippen molar-refractivity contribution in [3.63, 3.8) is 0 Å². The number of hydrogen-bond donors (Lipinski definition) is 2. The highest BCUT2D eigenvalue weighted by Crippen LogP contribution is 2.28. The Kier molecular flexibility index (Phi) is 10.4. The van der Waals surface area contributed by atoms with E-state index in [-0.39, 0.29) is 18.1 Å². The molecule has 190 valence electrons. The van der Waals surface area contributed by atoms with E-state index in [4.69, 9.17) is 39.1 Å². The zero-order chi connectivity index (χ0) is 26.6. The SMILES string of the molecule is C#CCOc1ccccc1/C=N\NC(=O)[C@H](Cc1ccccc1)NC(=O)[C@@H](C)Oc1ccc(Cl)cc1Cl. The van der Waals surface area contributed by atoms with Gasteiger partial charge in [0.15, 0.2) is 6.10 Å². The van der Waals surface area contributed by atoms with Crippen LogP contribution in [-0.4, -0.2) is 36.8 Å². The average Bonchev–Trinajstić information content (AvgIpc) is 2.89. The van der Waals surface area contributed by atoms with Crippen molar-refractivity contribution in [1.82, 2.24) is 10.7 Å². The van der Waals surface area contributed by atoms with Crippen molar-refractivity contribution in [2.75, 3.05) is 6.61 Å². The van der Waals surface area contributed by atoms with Gasteiger partial charge in [0.2, 0.25) is 0 Å². The zero-order valence-corrected chi connectivity index (χ0v) is 21.5. The van der Waals surface area contributed by atoms with Gasteiger partial charge in [-0.3, -0.25) is 9.59 Å². The van der Waals surface area contributed by atoms with Crippen LogP contribution in [0.15, 0.2) is 77.9 Å². The second-order valence-corrected chi connectivity index (χ2v) is 8.69. The number of hydrogen-bond acceptors (Lipinski definition) is 5. The Morgan fingerprint density at radius 2 is 1.76 bits per heavy atom. The molecule has 3 rings (SSSR count). The maximum absolute atomic E-state index is 13.0. The number of nitrogens with one attached hydrogen (secondary N) is 2. The van der Waals surface area contributed by atoms with Gasteiger partial charge in [0.25, 0.3) is 11.8 Å². The van der Waals surface area contributed by atoms with E-state index in [1.54, 1.807) is 43.3 Å². The van der Waals surface area contributed by atoms with Crippen LogP contribution in [0.5, 0.6) is 11.5 Å². The Morgan fingerprint density at radius 3 is 2.49 bits per heavy atom. The highest BCUT2D eigenvalue weighted by atomic mass is 35.5. The van der Waals surface area contributed by atoms with E-state index in [0.717, 1.165) is 5.56 Å². The highest BCUT2D eigenvalue weighted by Gasteiger charge is 2.25. The molecule has 0 aliphatic heterocycles. The summed E-state index contributed by atoms with van der Waals surface area (Å²) in [4.78, 5) is 25.9. The molecule has 2 amide bonds. The molecule has 3 aromatic carbocycles. The lowest BCUT2D eigenvalue weighted by Crippen LogP contribution is -2.50. The van der Waals surface area contributed by atoms with Crippen molar-refractivity contribution in [2.24, 2.45) is 5.10 Å². The largest absolute Gasteiger partial charge is 0.480 e. The van der Waals surface area contributed by atoms with Crippen molar-refractivity contribution in [2.45, 2.75) is 25.5 Å². The summed E-state index contributed by atoms with van der Waals surface area (Å²) in [6, 6.07) is 20.2. The fraction of sp³-hybridized carbons (Fsp3) is 0.179. The van der Waals surface area contributed by atoms with Crippen LogP contribution in [0.4, 0.5) is 0 Å². The molecule has 0 heterocycles. The van der Waals surface area contributed by atoms with Gasteiger partial charge in [-0.15, -0.1) is 6.42 Å². The number of terminal acetylenes is 1. The Morgan fingerprint density at radius 1 is 1.03 bits per heavy atom. The lowest BCUT2D eigenvalue weighted by atomic mass is 10.1. The standard InChI is InChI=1S/C28H25Cl2N3O4/c1-3-15-36-25-12-8-7-11-21(25)18-31-33-28(35)24(16-20-9-5-4-6-10-20)32-27(34)19(2)37-26-14-13-22(29)17-23(26)30/h1,4-14,17-19,24H,15-16H2,2H3,(H,32,34)(H,33,35)/b31-18-/t19-,24+/m1/s1. The summed E-state index contributed by atoms with van der Waals surface area (Å²) in [5.41, 5.74) is 3.97. The number of ether oxygens (including phenoxy) is 2. The van der Waals surface area contributed by atoms with E-state index in [9.17, 15) is 9.59 Å². The Bertz CT molecular complexity index is 1290. The predicted octanol–water partition coefficient (Wildman–Crippen LogP) is 4.65. The van der Waals surface area contributed by atoms with Gasteiger partial charge >= 0.3 is 0 Å². The summed E-state index contributed by atoms with van der Waals surface area (Å²) in [6.07, 6.45) is 6.01. The lowest BCUT2D eigenvalue weighted by molar-refractivity contribution is -0.132. The third-order valence-corrected chi connectivity index (χ3v) is 5.62. The van der Waals surface area contributed by atoms with E-state index >= 15 is 0 Å². The number of benzene rings is 3. The van der Waals surface area contributed by atoms with E-state index < -0.39 is 24.0 Å². The molecule has 3 aromatic rings. The Balaban J connectivity index is 1.70. The molecule has 0 saturated heterocycles. The predicted molar refractivity (Wildman–Crippen MR) is 145 cm³/mol. The summed E-state index contributed by atoms with van der Waals surface area (Å²) < 4.78 is 11.2. The van der Waals surface area contributed by atoms with Gasteiger partial charge in [-0.05, 0) is 42.8 Å². The molecule has 0 fully saturated rings. The zero-order valence-electron chi connectivity index (χ0n) is 20.0. The molecule has 2 N–H and O–H groups in total. The topological polar surface area (TPSA) is 89.0 Å². The number of hydrazone groups is 1. The lowest BCUT2D eigenvalue weighted by Gasteiger charge is -2.21. The van der Waals surface area contributed by atoms with Crippen LogP contribution in [0.25, 0.3) is 0 Å². The van der Waals surface area contributed by atoms with E-state index in [0.29, 0.717) is 22.1 Å². The smallest absolute Gasteiger partial charge is 0.262 e. The minimum atomic E-state index is -0.937. The van der Waals surface area contributed by atoms with Crippen LogP contribution in [0.1, 0.15) is 18.1 Å². The fourth-order valence-electron chi connectivity index (χ4n) is 3.24. The summed E-state index contributed by atoms with van der Waals surface area (Å²) in [6.45, 7) is 1.66. The second-order valence-electron chi connectivity index (χ2n) is 7.85. The quantitative estimate of drug-likeness (QED) is 0.211. The molecule has 0 saturated carbocycles. The van der Waals surface area contributed by atoms with Crippen LogP contribution >= 0.6 is 23.2 Å². The van der Waals surface area contributed by atoms with Gasteiger partial charge in [-0.1, -0.05) is 71.6 Å². The van der Waals surface area contributed by atoms with Gasteiger partial charge < -0.3 is 14.8 Å². The van der Waals surface area contributed by atoms with E-state index in [2.05, 4.69) is 21.8 Å². The molecule has 0 unspecified atom stereocenters. The summed E-state index contributed by atoms with van der Waals surface area (Å²) >= 11 is 12.1. The molecule has 2 atom stereocenters. The molecular formula is C28H25Cl2N3O4. The number of nitrogens with zero attached hydrogens (tertiary/aromatic N) is 1. The number of para-hydroxylation sites is 1. The number of rotatable bonds is 11. The van der Waals surface area contributed by atoms with Crippen molar-refractivity contribution in [3.8, 4) is 23.8 Å². The molecule has 0 spiro atoms. The van der Waals surface area contributed by atoms with Crippen molar-refractivity contribution in [1.29, 1.82) is 0 Å². The summed E-state index contributed by atoms with van der Waals surface area (Å²) in [7, 11) is 0. The van der Waals surface area contributed by atoms with Crippen LogP contribution in [0.2, 0.25) is 10.0 Å². The minimum absolute atomic E-state index is 0.101. The van der Waals surface area contributed by atoms with Crippen molar-refractivity contribution >= 4 is 41.2 Å². The first kappa shape index (κ1) is 27.6. The molecule has 0 aromatic heterocycles. The van der Waals surface area contributed by atoms with Gasteiger partial charge in [-0.2, -0.15) is 5.10 Å². The monoisotopic (exact) mass is 537 g/mol. The molecule has 0 bridgehead atoms. The first-order valence-corrected chi connectivity index (χ1v) is 12.1. The average molecular weight is 538 g/mol. The van der Waals surface area contributed by atoms with Gasteiger partial charge in [0.1, 0.15) is 24.1 Å². The van der Waals surface area contributed by atoms with Crippen LogP contribution in [-0.2, 0) is 16.0 Å². The first-order valence-electron chi connectivity index (χ1n) is 11.3. The maximum Gasteiger partial charge on any atom is 0.262 e. The number of amides is 2. The highest BCUT2D eigenvalue weighted by molar-refractivity contribution is 6.35. The van der Waals surface area contributed by atoms with E-state index in [1.807, 2.05) is 30.3 Å². The third kappa shape index (κ3) is 8.57. The van der Waals surface area contributed by atoms with Gasteiger partial charge in [0, 0.05) is 17.0 Å². The molecule has 37 heavy (non-hydrogen) atoms. The summed E-state index contributed by atoms with van der Waals surface area (Å²) in [5, 5.41) is 7.50. The van der Waals surface area contributed by atoms with Gasteiger partial charge in [-0.25, -0.2) is 5.43 Å². The maximum atomic E-state index is 13.0. The Labute approximate surface area is 225 Å². The fourth-order valence-corrected chi connectivity index (χ4v) is 3.70. The van der Waals surface area contributed by atoms with E-state index in [1.165, 1.54) is 12.3 Å². The number of carbonyl (C=O) groups excluding carboxylic acids is 2. The van der Waals surface area contributed by atoms with Gasteiger partial charge in [0.05, 0.1) is 11.2 Å².